The summed E-state index contributed by atoms with van der Waals surface area (Å²) in [7, 11) is -3.61. The van der Waals surface area contributed by atoms with Gasteiger partial charge >= 0.3 is 0 Å². The van der Waals surface area contributed by atoms with Crippen molar-refractivity contribution in [2.45, 2.75) is 23.0 Å². The van der Waals surface area contributed by atoms with Gasteiger partial charge in [-0.2, -0.15) is 17.0 Å². The van der Waals surface area contributed by atoms with Gasteiger partial charge < -0.3 is 0 Å². The maximum Gasteiger partial charge on any atom is 0.242 e. The van der Waals surface area contributed by atoms with E-state index in [-0.39, 0.29) is 9.92 Å². The van der Waals surface area contributed by atoms with Gasteiger partial charge in [-0.05, 0) is 36.8 Å². The van der Waals surface area contributed by atoms with Crippen molar-refractivity contribution in [2.24, 2.45) is 0 Å². The van der Waals surface area contributed by atoms with Crippen molar-refractivity contribution < 1.29 is 8.42 Å². The molecule has 1 heterocycles. The quantitative estimate of drug-likeness (QED) is 0.926. The number of nitrogens with zero attached hydrogens (tertiary/aromatic N) is 1. The van der Waals surface area contributed by atoms with Crippen LogP contribution in [0.3, 0.4) is 0 Å². The number of sulfonamides is 1. The average Bonchev–Trinajstić information content (AvgIpc) is 2.89. The Hall–Kier alpha value is -0.740. The lowest BCUT2D eigenvalue weighted by molar-refractivity contribution is 0.579. The van der Waals surface area contributed by atoms with Crippen LogP contribution in [-0.4, -0.2) is 26.0 Å². The predicted molar refractivity (Wildman–Crippen MR) is 76.8 cm³/mol. The summed E-state index contributed by atoms with van der Waals surface area (Å²) in [6.45, 7) is 0.420. The molecule has 1 aromatic rings. The summed E-state index contributed by atoms with van der Waals surface area (Å²) in [5, 5.41) is 9.14. The second kappa shape index (κ2) is 6.14. The van der Waals surface area contributed by atoms with Crippen LogP contribution in [0.1, 0.15) is 18.4 Å². The molecule has 0 amide bonds. The van der Waals surface area contributed by atoms with E-state index in [2.05, 4.69) is 4.72 Å². The monoisotopic (exact) mass is 316 g/mol. The molecule has 0 saturated carbocycles. The lowest BCUT2D eigenvalue weighted by Crippen LogP contribution is -2.30. The number of benzene rings is 1. The van der Waals surface area contributed by atoms with E-state index in [1.54, 1.807) is 11.8 Å². The highest BCUT2D eigenvalue weighted by Crippen LogP contribution is 2.26. The Morgan fingerprint density at radius 1 is 1.53 bits per heavy atom. The lowest BCUT2D eigenvalue weighted by atomic mass is 10.2. The van der Waals surface area contributed by atoms with Crippen molar-refractivity contribution in [1.29, 1.82) is 5.26 Å². The van der Waals surface area contributed by atoms with Crippen LogP contribution in [0.4, 0.5) is 0 Å². The fraction of sp³-hybridized carbons (Fsp3) is 0.417. The standard InChI is InChI=1S/C12H13ClN2O2S2/c13-11-6-9(7-14)3-4-12(11)19(16,17)15-8-10-2-1-5-18-10/h3-4,6,10,15H,1-2,5,8H2. The summed E-state index contributed by atoms with van der Waals surface area (Å²) in [6.07, 6.45) is 2.17. The fourth-order valence-corrected chi connectivity index (χ4v) is 4.80. The SMILES string of the molecule is N#Cc1ccc(S(=O)(=O)NCC2CCCS2)c(Cl)c1. The topological polar surface area (TPSA) is 70.0 Å². The van der Waals surface area contributed by atoms with Gasteiger partial charge in [0.25, 0.3) is 0 Å². The van der Waals surface area contributed by atoms with Crippen molar-refractivity contribution in [3.8, 4) is 6.07 Å². The third kappa shape index (κ3) is 3.63. The minimum atomic E-state index is -3.61. The first kappa shape index (κ1) is 14.7. The van der Waals surface area contributed by atoms with Gasteiger partial charge in [0.15, 0.2) is 0 Å². The number of hydrogen-bond donors (Lipinski definition) is 1. The Morgan fingerprint density at radius 2 is 2.32 bits per heavy atom. The molecule has 0 bridgehead atoms. The molecule has 2 rings (SSSR count). The van der Waals surface area contributed by atoms with Crippen molar-refractivity contribution >= 4 is 33.4 Å². The average molecular weight is 317 g/mol. The van der Waals surface area contributed by atoms with Crippen LogP contribution in [0, 0.1) is 11.3 Å². The maximum atomic E-state index is 12.1. The van der Waals surface area contributed by atoms with Crippen molar-refractivity contribution in [3.63, 3.8) is 0 Å². The van der Waals surface area contributed by atoms with Crippen LogP contribution < -0.4 is 4.72 Å². The van der Waals surface area contributed by atoms with Crippen molar-refractivity contribution in [2.75, 3.05) is 12.3 Å². The Bertz CT molecular complexity index is 605. The molecule has 1 fully saturated rings. The van der Waals surface area contributed by atoms with Gasteiger partial charge in [0.05, 0.1) is 16.7 Å². The summed E-state index contributed by atoms with van der Waals surface area (Å²) in [5.74, 6) is 1.09. The number of nitrogens with one attached hydrogen (secondary N) is 1. The van der Waals surface area contributed by atoms with Crippen LogP contribution in [0.2, 0.25) is 5.02 Å². The Labute approximate surface area is 122 Å². The van der Waals surface area contributed by atoms with Gasteiger partial charge in [-0.1, -0.05) is 11.6 Å². The zero-order valence-corrected chi connectivity index (χ0v) is 12.5. The third-order valence-corrected chi connectivity index (χ3v) is 6.18. The van der Waals surface area contributed by atoms with Crippen LogP contribution >= 0.6 is 23.4 Å². The molecule has 1 aliphatic heterocycles. The molecule has 0 aromatic heterocycles. The van der Waals surface area contributed by atoms with Crippen LogP contribution in [0.15, 0.2) is 23.1 Å². The number of thioether (sulfide) groups is 1. The summed E-state index contributed by atoms with van der Waals surface area (Å²) in [5.41, 5.74) is 0.343. The molecule has 1 aliphatic rings. The second-order valence-electron chi connectivity index (χ2n) is 4.24. The molecule has 102 valence electrons. The summed E-state index contributed by atoms with van der Waals surface area (Å²) >= 11 is 7.70. The molecule has 1 N–H and O–H groups in total. The van der Waals surface area contributed by atoms with Gasteiger partial charge in [0, 0.05) is 11.8 Å². The summed E-state index contributed by atoms with van der Waals surface area (Å²) in [6, 6.07) is 6.10. The Balaban J connectivity index is 2.12. The van der Waals surface area contributed by atoms with E-state index in [0.29, 0.717) is 17.4 Å². The molecular formula is C12H13ClN2O2S2. The molecule has 1 aromatic carbocycles. The minimum absolute atomic E-state index is 0.0242. The Morgan fingerprint density at radius 3 is 2.89 bits per heavy atom. The van der Waals surface area contributed by atoms with Gasteiger partial charge in [-0.3, -0.25) is 0 Å². The second-order valence-corrected chi connectivity index (χ2v) is 7.79. The maximum absolute atomic E-state index is 12.1. The van der Waals surface area contributed by atoms with E-state index in [0.717, 1.165) is 18.6 Å². The molecule has 1 saturated heterocycles. The zero-order chi connectivity index (χ0) is 13.9. The minimum Gasteiger partial charge on any atom is -0.210 e. The van der Waals surface area contributed by atoms with Crippen LogP contribution in [-0.2, 0) is 10.0 Å². The predicted octanol–water partition coefficient (Wildman–Crippen LogP) is 2.39. The first-order chi connectivity index (χ1) is 9.03. The van der Waals surface area contributed by atoms with E-state index < -0.39 is 10.0 Å². The number of nitriles is 1. The highest BCUT2D eigenvalue weighted by Gasteiger charge is 2.22. The molecule has 0 spiro atoms. The van der Waals surface area contributed by atoms with E-state index in [1.807, 2.05) is 6.07 Å². The van der Waals surface area contributed by atoms with Crippen molar-refractivity contribution in [1.82, 2.24) is 4.72 Å². The number of rotatable bonds is 4. The molecule has 1 atom stereocenters. The first-order valence-electron chi connectivity index (χ1n) is 5.84. The summed E-state index contributed by atoms with van der Waals surface area (Å²) < 4.78 is 26.8. The first-order valence-corrected chi connectivity index (χ1v) is 8.75. The normalized spacial score (nSPS) is 19.3. The van der Waals surface area contributed by atoms with Gasteiger partial charge in [0.2, 0.25) is 10.0 Å². The van der Waals surface area contributed by atoms with E-state index >= 15 is 0 Å². The molecule has 1 unspecified atom stereocenters. The summed E-state index contributed by atoms with van der Waals surface area (Å²) in [4.78, 5) is 0.0242. The highest BCUT2D eigenvalue weighted by molar-refractivity contribution is 8.00. The van der Waals surface area contributed by atoms with Gasteiger partial charge in [-0.25, -0.2) is 13.1 Å². The lowest BCUT2D eigenvalue weighted by Gasteiger charge is -2.11. The molecule has 4 nitrogen and oxygen atoms in total. The van der Waals surface area contributed by atoms with Crippen molar-refractivity contribution in [3.05, 3.63) is 28.8 Å². The number of hydrogen-bond acceptors (Lipinski definition) is 4. The van der Waals surface area contributed by atoms with E-state index in [9.17, 15) is 8.42 Å². The molecular weight excluding hydrogens is 304 g/mol. The number of halogens is 1. The Kier molecular flexibility index (Phi) is 4.74. The third-order valence-electron chi connectivity index (χ3n) is 2.88. The zero-order valence-electron chi connectivity index (χ0n) is 10.1. The molecule has 7 heteroatoms. The van der Waals surface area contributed by atoms with Crippen LogP contribution in [0.25, 0.3) is 0 Å². The molecule has 0 radical (unpaired) electrons. The van der Waals surface area contributed by atoms with Crippen LogP contribution in [0.5, 0.6) is 0 Å². The highest BCUT2D eigenvalue weighted by atomic mass is 35.5. The van der Waals surface area contributed by atoms with Gasteiger partial charge in [-0.15, -0.1) is 0 Å². The van der Waals surface area contributed by atoms with E-state index in [1.165, 1.54) is 18.2 Å². The fourth-order valence-electron chi connectivity index (χ4n) is 1.87. The van der Waals surface area contributed by atoms with E-state index in [4.69, 9.17) is 16.9 Å². The molecule has 19 heavy (non-hydrogen) atoms. The largest absolute Gasteiger partial charge is 0.242 e. The van der Waals surface area contributed by atoms with Gasteiger partial charge in [0.1, 0.15) is 4.90 Å². The molecule has 0 aliphatic carbocycles. The smallest absolute Gasteiger partial charge is 0.210 e.